The third-order valence-electron chi connectivity index (χ3n) is 7.81. The zero-order valence-corrected chi connectivity index (χ0v) is 20.9. The number of benzene rings is 1. The van der Waals surface area contributed by atoms with Gasteiger partial charge in [0.2, 0.25) is 11.8 Å². The van der Waals surface area contributed by atoms with Crippen LogP contribution in [0.5, 0.6) is 11.5 Å². The SMILES string of the molecule is COc1cc([C@H]2C3=CC[C@@H]4C(=O)N(CCC(=O)O)C(=O)[C@@H]4[C@@H]3CC3=C2C(=O)C=C(C)C3=O)cc(Cl)c1O. The van der Waals surface area contributed by atoms with Gasteiger partial charge in [0.15, 0.2) is 23.1 Å². The molecule has 37 heavy (non-hydrogen) atoms. The number of imide groups is 1. The van der Waals surface area contributed by atoms with Crippen LogP contribution in [0, 0.1) is 17.8 Å². The highest BCUT2D eigenvalue weighted by molar-refractivity contribution is 6.32. The molecule has 1 fully saturated rings. The van der Waals surface area contributed by atoms with Gasteiger partial charge in [-0.25, -0.2) is 0 Å². The number of carbonyl (C=O) groups excluding carboxylic acids is 4. The molecule has 1 heterocycles. The van der Waals surface area contributed by atoms with E-state index in [1.54, 1.807) is 13.0 Å². The number of amides is 2. The number of Topliss-reactive ketones (excluding diaryl/α,β-unsaturated/α-hetero) is 1. The number of methoxy groups -OCH3 is 1. The number of phenols is 1. The number of carbonyl (C=O) groups is 5. The summed E-state index contributed by atoms with van der Waals surface area (Å²) >= 11 is 6.28. The van der Waals surface area contributed by atoms with Crippen molar-refractivity contribution in [2.24, 2.45) is 17.8 Å². The minimum atomic E-state index is -1.12. The summed E-state index contributed by atoms with van der Waals surface area (Å²) in [6.07, 6.45) is 3.15. The lowest BCUT2D eigenvalue weighted by atomic mass is 9.59. The van der Waals surface area contributed by atoms with Gasteiger partial charge in [-0.1, -0.05) is 23.3 Å². The Morgan fingerprint density at radius 1 is 1.16 bits per heavy atom. The van der Waals surface area contributed by atoms with Crippen molar-refractivity contribution in [1.29, 1.82) is 0 Å². The number of aromatic hydroxyl groups is 1. The third-order valence-corrected chi connectivity index (χ3v) is 8.09. The van der Waals surface area contributed by atoms with Gasteiger partial charge in [-0.05, 0) is 49.5 Å². The fourth-order valence-electron chi connectivity index (χ4n) is 6.17. The van der Waals surface area contributed by atoms with E-state index in [2.05, 4.69) is 0 Å². The second kappa shape index (κ2) is 8.99. The molecule has 1 aromatic rings. The van der Waals surface area contributed by atoms with Crippen molar-refractivity contribution in [2.75, 3.05) is 13.7 Å². The molecule has 10 heteroatoms. The molecule has 0 bridgehead atoms. The minimum absolute atomic E-state index is 0.00110. The number of allylic oxidation sites excluding steroid dienone is 6. The lowest BCUT2D eigenvalue weighted by Gasteiger charge is -2.42. The summed E-state index contributed by atoms with van der Waals surface area (Å²) < 4.78 is 5.27. The molecule has 0 saturated carbocycles. The van der Waals surface area contributed by atoms with Gasteiger partial charge < -0.3 is 14.9 Å². The van der Waals surface area contributed by atoms with Crippen LogP contribution in [0.3, 0.4) is 0 Å². The number of rotatable bonds is 5. The molecule has 3 aliphatic carbocycles. The van der Waals surface area contributed by atoms with E-state index >= 15 is 0 Å². The average molecular weight is 526 g/mol. The van der Waals surface area contributed by atoms with Crippen molar-refractivity contribution >= 4 is 41.0 Å². The van der Waals surface area contributed by atoms with Crippen LogP contribution in [-0.4, -0.2) is 58.1 Å². The van der Waals surface area contributed by atoms with Gasteiger partial charge in [0.1, 0.15) is 0 Å². The summed E-state index contributed by atoms with van der Waals surface area (Å²) in [4.78, 5) is 65.2. The first-order chi connectivity index (χ1) is 17.5. The van der Waals surface area contributed by atoms with E-state index in [0.717, 1.165) is 10.5 Å². The Labute approximate surface area is 217 Å². The van der Waals surface area contributed by atoms with Crippen molar-refractivity contribution < 1.29 is 38.9 Å². The maximum atomic E-state index is 13.5. The van der Waals surface area contributed by atoms with E-state index < -0.39 is 41.5 Å². The van der Waals surface area contributed by atoms with Crippen molar-refractivity contribution in [3.8, 4) is 11.5 Å². The Bertz CT molecular complexity index is 1390. The molecular formula is C27H24ClNO8. The molecule has 1 aliphatic heterocycles. The fourth-order valence-corrected chi connectivity index (χ4v) is 6.39. The predicted octanol–water partition coefficient (Wildman–Crippen LogP) is 2.96. The van der Waals surface area contributed by atoms with Crippen LogP contribution in [0.25, 0.3) is 0 Å². The molecule has 4 aliphatic rings. The number of hydrogen-bond donors (Lipinski definition) is 2. The molecule has 5 rings (SSSR count). The summed E-state index contributed by atoms with van der Waals surface area (Å²) in [5, 5.41) is 19.3. The summed E-state index contributed by atoms with van der Waals surface area (Å²) in [6, 6.07) is 3.06. The largest absolute Gasteiger partial charge is 0.503 e. The first kappa shape index (κ1) is 25.0. The molecule has 0 radical (unpaired) electrons. The molecule has 0 aromatic heterocycles. The number of halogens is 1. The van der Waals surface area contributed by atoms with Gasteiger partial charge in [-0.3, -0.25) is 28.9 Å². The van der Waals surface area contributed by atoms with Crippen LogP contribution in [-0.2, 0) is 24.0 Å². The van der Waals surface area contributed by atoms with Crippen LogP contribution in [0.2, 0.25) is 5.02 Å². The first-order valence-electron chi connectivity index (χ1n) is 11.9. The van der Waals surface area contributed by atoms with Crippen LogP contribution in [0.4, 0.5) is 0 Å². The number of hydrogen-bond acceptors (Lipinski definition) is 7. The maximum absolute atomic E-state index is 13.5. The molecule has 1 saturated heterocycles. The van der Waals surface area contributed by atoms with E-state index in [4.69, 9.17) is 21.4 Å². The molecule has 0 spiro atoms. The van der Waals surface area contributed by atoms with Gasteiger partial charge >= 0.3 is 5.97 Å². The standard InChI is InChI=1S/C27H24ClNO8/c1-11-7-18(30)23-16(24(11)33)10-15-13(21(23)12-8-17(28)25(34)19(9-12)37-2)3-4-14-22(15)27(36)29(26(14)35)6-5-20(31)32/h3,7-9,14-15,21-22,34H,4-6,10H2,1-2H3,(H,31,32)/t14-,15+,21-,22-/m0/s1. The lowest BCUT2D eigenvalue weighted by Crippen LogP contribution is -2.40. The highest BCUT2D eigenvalue weighted by Crippen LogP contribution is 2.56. The van der Waals surface area contributed by atoms with E-state index in [1.807, 2.05) is 6.08 Å². The summed E-state index contributed by atoms with van der Waals surface area (Å²) in [6.45, 7) is 1.34. The quantitative estimate of drug-likeness (QED) is 0.340. The van der Waals surface area contributed by atoms with Crippen LogP contribution in [0.15, 0.2) is 46.6 Å². The number of carboxylic acids is 1. The topological polar surface area (TPSA) is 138 Å². The number of carboxylic acid groups (broad SMARTS) is 1. The number of nitrogens with zero attached hydrogens (tertiary/aromatic N) is 1. The smallest absolute Gasteiger partial charge is 0.305 e. The Morgan fingerprint density at radius 2 is 1.89 bits per heavy atom. The highest BCUT2D eigenvalue weighted by Gasteiger charge is 2.56. The molecule has 9 nitrogen and oxygen atoms in total. The minimum Gasteiger partial charge on any atom is -0.503 e. The Balaban J connectivity index is 1.65. The first-order valence-corrected chi connectivity index (χ1v) is 12.3. The van der Waals surface area contributed by atoms with Crippen molar-refractivity contribution in [3.63, 3.8) is 0 Å². The average Bonchev–Trinajstić information content (AvgIpc) is 3.10. The van der Waals surface area contributed by atoms with E-state index in [0.29, 0.717) is 22.3 Å². The van der Waals surface area contributed by atoms with Gasteiger partial charge in [-0.2, -0.15) is 0 Å². The summed E-state index contributed by atoms with van der Waals surface area (Å²) in [5.74, 6) is -5.51. The van der Waals surface area contributed by atoms with Crippen LogP contribution < -0.4 is 4.74 Å². The number of ether oxygens (including phenoxy) is 1. The zero-order chi connectivity index (χ0) is 26.8. The number of likely N-dealkylation sites (tertiary alicyclic amines) is 1. The van der Waals surface area contributed by atoms with Gasteiger partial charge in [0.05, 0.1) is 30.4 Å². The van der Waals surface area contributed by atoms with Gasteiger partial charge in [0.25, 0.3) is 0 Å². The van der Waals surface area contributed by atoms with E-state index in [-0.39, 0.29) is 53.9 Å². The molecule has 0 unspecified atom stereocenters. The number of aliphatic carboxylic acids is 1. The highest BCUT2D eigenvalue weighted by atomic mass is 35.5. The van der Waals surface area contributed by atoms with Gasteiger partial charge in [-0.15, -0.1) is 0 Å². The fraction of sp³-hybridized carbons (Fsp3) is 0.370. The summed E-state index contributed by atoms with van der Waals surface area (Å²) in [5.41, 5.74) is 2.11. The monoisotopic (exact) mass is 525 g/mol. The normalized spacial score (nSPS) is 26.9. The maximum Gasteiger partial charge on any atom is 0.305 e. The molecule has 192 valence electrons. The molecule has 2 amide bonds. The molecule has 1 aromatic carbocycles. The van der Waals surface area contributed by atoms with E-state index in [9.17, 15) is 29.1 Å². The summed E-state index contributed by atoms with van der Waals surface area (Å²) in [7, 11) is 1.36. The zero-order valence-electron chi connectivity index (χ0n) is 20.1. The Morgan fingerprint density at radius 3 is 2.57 bits per heavy atom. The van der Waals surface area contributed by atoms with Crippen LogP contribution >= 0.6 is 11.6 Å². The van der Waals surface area contributed by atoms with E-state index in [1.165, 1.54) is 19.3 Å². The number of fused-ring (bicyclic) bond motifs is 3. The van der Waals surface area contributed by atoms with Gasteiger partial charge in [0, 0.05) is 29.2 Å². The predicted molar refractivity (Wildman–Crippen MR) is 130 cm³/mol. The van der Waals surface area contributed by atoms with Crippen molar-refractivity contribution in [3.05, 3.63) is 57.2 Å². The second-order valence-corrected chi connectivity index (χ2v) is 10.2. The van der Waals surface area contributed by atoms with Crippen molar-refractivity contribution in [1.82, 2.24) is 4.90 Å². The van der Waals surface area contributed by atoms with Crippen molar-refractivity contribution in [2.45, 2.75) is 32.1 Å². The molecular weight excluding hydrogens is 502 g/mol. The third kappa shape index (κ3) is 3.80. The van der Waals surface area contributed by atoms with Crippen LogP contribution in [0.1, 0.15) is 37.7 Å². The second-order valence-electron chi connectivity index (χ2n) is 9.75. The number of phenolic OH excluding ortho intramolecular Hbond substituents is 1. The Hall–Kier alpha value is -3.72. The molecule has 2 N–H and O–H groups in total. The lowest BCUT2D eigenvalue weighted by molar-refractivity contribution is -0.142. The Kier molecular flexibility index (Phi) is 6.06. The number of ketones is 2. The molecule has 4 atom stereocenters.